The monoisotopic (exact) mass is 286 g/mol. The highest BCUT2D eigenvalue weighted by Crippen LogP contribution is 2.40. The van der Waals surface area contributed by atoms with Crippen LogP contribution in [-0.4, -0.2) is 30.4 Å². The van der Waals surface area contributed by atoms with Crippen LogP contribution in [0.1, 0.15) is 41.5 Å². The molecular weight excluding hydrogens is 260 g/mol. The number of piperidine rings is 1. The summed E-state index contributed by atoms with van der Waals surface area (Å²) < 4.78 is 0. The zero-order valence-electron chi connectivity index (χ0n) is 13.5. The second kappa shape index (κ2) is 5.45. The summed E-state index contributed by atoms with van der Waals surface area (Å²) in [6.07, 6.45) is 3.03. The molecule has 2 fully saturated rings. The molecule has 21 heavy (non-hydrogen) atoms. The first kappa shape index (κ1) is 14.6. The number of benzene rings is 1. The minimum absolute atomic E-state index is 0.245. The second-order valence-electron chi connectivity index (χ2n) is 7.05. The van der Waals surface area contributed by atoms with Gasteiger partial charge in [0, 0.05) is 19.5 Å². The van der Waals surface area contributed by atoms with Gasteiger partial charge in [-0.25, -0.2) is 0 Å². The Morgan fingerprint density at radius 1 is 1.14 bits per heavy atom. The van der Waals surface area contributed by atoms with E-state index in [0.29, 0.717) is 5.91 Å². The van der Waals surface area contributed by atoms with E-state index in [0.717, 1.165) is 45.4 Å². The van der Waals surface area contributed by atoms with Crippen LogP contribution >= 0.6 is 0 Å². The standard InChI is InChI=1S/C18H26N2O/c1-13-8-14(2)16(15(3)9-13)11-20-12-18(10-17(20)21)4-6-19-7-5-18/h8-9,19H,4-7,10-12H2,1-3H3. The number of likely N-dealkylation sites (tertiary alicyclic amines) is 1. The molecule has 1 aromatic rings. The van der Waals surface area contributed by atoms with Crippen molar-refractivity contribution >= 4 is 5.91 Å². The van der Waals surface area contributed by atoms with Crippen molar-refractivity contribution in [2.24, 2.45) is 5.41 Å². The summed E-state index contributed by atoms with van der Waals surface area (Å²) in [5, 5.41) is 3.41. The number of rotatable bonds is 2. The zero-order chi connectivity index (χ0) is 15.0. The largest absolute Gasteiger partial charge is 0.338 e. The summed E-state index contributed by atoms with van der Waals surface area (Å²) in [4.78, 5) is 14.5. The van der Waals surface area contributed by atoms with E-state index in [9.17, 15) is 4.79 Å². The van der Waals surface area contributed by atoms with Crippen LogP contribution in [0, 0.1) is 26.2 Å². The normalized spacial score (nSPS) is 21.3. The Morgan fingerprint density at radius 2 is 1.76 bits per heavy atom. The maximum Gasteiger partial charge on any atom is 0.223 e. The minimum Gasteiger partial charge on any atom is -0.338 e. The quantitative estimate of drug-likeness (QED) is 0.906. The van der Waals surface area contributed by atoms with Gasteiger partial charge in [0.05, 0.1) is 0 Å². The van der Waals surface area contributed by atoms with Crippen LogP contribution in [0.2, 0.25) is 0 Å². The lowest BCUT2D eigenvalue weighted by atomic mass is 9.78. The van der Waals surface area contributed by atoms with Gasteiger partial charge in [-0.2, -0.15) is 0 Å². The Bertz CT molecular complexity index is 535. The molecule has 0 unspecified atom stereocenters. The first-order chi connectivity index (χ1) is 9.99. The highest BCUT2D eigenvalue weighted by Gasteiger charge is 2.43. The van der Waals surface area contributed by atoms with Gasteiger partial charge in [0.2, 0.25) is 5.91 Å². The van der Waals surface area contributed by atoms with Gasteiger partial charge in [0.25, 0.3) is 0 Å². The predicted octanol–water partition coefficient (Wildman–Crippen LogP) is 2.71. The van der Waals surface area contributed by atoms with Crippen molar-refractivity contribution in [3.8, 4) is 0 Å². The summed E-state index contributed by atoms with van der Waals surface area (Å²) in [6, 6.07) is 4.45. The highest BCUT2D eigenvalue weighted by molar-refractivity contribution is 5.79. The number of hydrogen-bond donors (Lipinski definition) is 1. The first-order valence-electron chi connectivity index (χ1n) is 8.04. The van der Waals surface area contributed by atoms with Gasteiger partial charge in [-0.05, 0) is 68.8 Å². The van der Waals surface area contributed by atoms with E-state index >= 15 is 0 Å². The molecule has 0 radical (unpaired) electrons. The van der Waals surface area contributed by atoms with Crippen LogP contribution in [0.25, 0.3) is 0 Å². The van der Waals surface area contributed by atoms with Crippen molar-refractivity contribution in [3.05, 3.63) is 34.4 Å². The minimum atomic E-state index is 0.245. The molecule has 2 aliphatic heterocycles. The van der Waals surface area contributed by atoms with Gasteiger partial charge in [-0.1, -0.05) is 17.7 Å². The number of nitrogens with zero attached hydrogens (tertiary/aromatic N) is 1. The van der Waals surface area contributed by atoms with Crippen LogP contribution in [0.5, 0.6) is 0 Å². The smallest absolute Gasteiger partial charge is 0.223 e. The van der Waals surface area contributed by atoms with E-state index in [2.05, 4.69) is 43.1 Å². The third-order valence-corrected chi connectivity index (χ3v) is 5.26. The van der Waals surface area contributed by atoms with E-state index in [-0.39, 0.29) is 5.41 Å². The first-order valence-corrected chi connectivity index (χ1v) is 8.04. The molecule has 3 heteroatoms. The van der Waals surface area contributed by atoms with E-state index in [1.807, 2.05) is 0 Å². The Kier molecular flexibility index (Phi) is 3.78. The zero-order valence-corrected chi connectivity index (χ0v) is 13.5. The molecule has 0 atom stereocenters. The van der Waals surface area contributed by atoms with Crippen LogP contribution in [0.3, 0.4) is 0 Å². The van der Waals surface area contributed by atoms with Gasteiger partial charge >= 0.3 is 0 Å². The van der Waals surface area contributed by atoms with Crippen molar-refractivity contribution in [1.29, 1.82) is 0 Å². The molecule has 2 aliphatic rings. The van der Waals surface area contributed by atoms with E-state index < -0.39 is 0 Å². The Hall–Kier alpha value is -1.35. The van der Waals surface area contributed by atoms with Crippen LogP contribution in [0.4, 0.5) is 0 Å². The molecule has 3 rings (SSSR count). The summed E-state index contributed by atoms with van der Waals surface area (Å²) in [5.41, 5.74) is 5.50. The lowest BCUT2D eigenvalue weighted by Crippen LogP contribution is -2.38. The molecule has 0 aliphatic carbocycles. The molecule has 1 aromatic carbocycles. The third-order valence-electron chi connectivity index (χ3n) is 5.26. The van der Waals surface area contributed by atoms with E-state index in [1.54, 1.807) is 0 Å². The fraction of sp³-hybridized carbons (Fsp3) is 0.611. The van der Waals surface area contributed by atoms with Gasteiger partial charge in [0.1, 0.15) is 0 Å². The number of amides is 1. The molecule has 1 spiro atoms. The lowest BCUT2D eigenvalue weighted by molar-refractivity contribution is -0.128. The average Bonchev–Trinajstić information content (AvgIpc) is 2.70. The number of carbonyl (C=O) groups is 1. The van der Waals surface area contributed by atoms with Crippen molar-refractivity contribution in [2.45, 2.75) is 46.6 Å². The molecule has 2 heterocycles. The summed E-state index contributed by atoms with van der Waals surface area (Å²) in [6.45, 7) is 10.3. The number of carbonyl (C=O) groups excluding carboxylic acids is 1. The molecule has 114 valence electrons. The molecule has 3 nitrogen and oxygen atoms in total. The maximum atomic E-state index is 12.4. The summed E-state index contributed by atoms with van der Waals surface area (Å²) in [5.74, 6) is 0.344. The van der Waals surface area contributed by atoms with E-state index in [4.69, 9.17) is 0 Å². The molecule has 0 aromatic heterocycles. The Morgan fingerprint density at radius 3 is 2.38 bits per heavy atom. The maximum absolute atomic E-state index is 12.4. The van der Waals surface area contributed by atoms with Crippen molar-refractivity contribution in [3.63, 3.8) is 0 Å². The summed E-state index contributed by atoms with van der Waals surface area (Å²) in [7, 11) is 0. The molecule has 2 saturated heterocycles. The van der Waals surface area contributed by atoms with Crippen LogP contribution in [-0.2, 0) is 11.3 Å². The van der Waals surface area contributed by atoms with Gasteiger partial charge in [0.15, 0.2) is 0 Å². The topological polar surface area (TPSA) is 32.3 Å². The van der Waals surface area contributed by atoms with Crippen molar-refractivity contribution in [1.82, 2.24) is 10.2 Å². The lowest BCUT2D eigenvalue weighted by Gasteiger charge is -2.33. The second-order valence-corrected chi connectivity index (χ2v) is 7.05. The van der Waals surface area contributed by atoms with Crippen LogP contribution < -0.4 is 5.32 Å². The SMILES string of the molecule is Cc1cc(C)c(CN2CC3(CCNCC3)CC2=O)c(C)c1. The van der Waals surface area contributed by atoms with Gasteiger partial charge < -0.3 is 10.2 Å². The number of hydrogen-bond acceptors (Lipinski definition) is 2. The van der Waals surface area contributed by atoms with Crippen molar-refractivity contribution in [2.75, 3.05) is 19.6 Å². The number of nitrogens with one attached hydrogen (secondary N) is 1. The van der Waals surface area contributed by atoms with E-state index in [1.165, 1.54) is 22.3 Å². The molecule has 0 bridgehead atoms. The summed E-state index contributed by atoms with van der Waals surface area (Å²) >= 11 is 0. The fourth-order valence-corrected chi connectivity index (χ4v) is 4.07. The van der Waals surface area contributed by atoms with Crippen molar-refractivity contribution < 1.29 is 4.79 Å². The Balaban J connectivity index is 1.78. The third kappa shape index (κ3) is 2.84. The van der Waals surface area contributed by atoms with Gasteiger partial charge in [-0.15, -0.1) is 0 Å². The fourth-order valence-electron chi connectivity index (χ4n) is 4.07. The predicted molar refractivity (Wildman–Crippen MR) is 85.2 cm³/mol. The molecule has 1 amide bonds. The Labute approximate surface area is 127 Å². The molecule has 1 N–H and O–H groups in total. The molecule has 0 saturated carbocycles. The average molecular weight is 286 g/mol. The molecular formula is C18H26N2O. The van der Waals surface area contributed by atoms with Gasteiger partial charge in [-0.3, -0.25) is 4.79 Å². The van der Waals surface area contributed by atoms with Crippen LogP contribution in [0.15, 0.2) is 12.1 Å². The highest BCUT2D eigenvalue weighted by atomic mass is 16.2. The number of aryl methyl sites for hydroxylation is 3.